The molecule has 0 bridgehead atoms. The lowest BCUT2D eigenvalue weighted by Gasteiger charge is -2.25. The molecule has 158 valence electrons. The summed E-state index contributed by atoms with van der Waals surface area (Å²) >= 11 is 0. The number of carbonyl (C=O) groups is 1. The van der Waals surface area contributed by atoms with E-state index in [0.717, 1.165) is 43.0 Å². The van der Waals surface area contributed by atoms with Crippen LogP contribution in [-0.4, -0.2) is 46.1 Å². The molecular weight excluding hydrogens is 384 g/mol. The number of nitrogens with one attached hydrogen (secondary N) is 1. The van der Waals surface area contributed by atoms with E-state index in [1.54, 1.807) is 4.52 Å². The number of fused-ring (bicyclic) bond motifs is 2. The lowest BCUT2D eigenvalue weighted by Crippen LogP contribution is -2.44. The fraction of sp³-hybridized carbons (Fsp3) is 0.600. The Morgan fingerprint density at radius 2 is 2.03 bits per heavy atom. The van der Waals surface area contributed by atoms with Crippen LogP contribution in [0.15, 0.2) is 10.9 Å². The monoisotopic (exact) mass is 410 g/mol. The number of hydrogen-bond donors (Lipinski definition) is 1. The van der Waals surface area contributed by atoms with Crippen LogP contribution in [0.4, 0.5) is 0 Å². The first-order valence-electron chi connectivity index (χ1n) is 10.6. The van der Waals surface area contributed by atoms with E-state index in [1.165, 1.54) is 4.68 Å². The minimum absolute atomic E-state index is 0.0138. The molecule has 0 aromatic carbocycles. The quantitative estimate of drug-likeness (QED) is 0.669. The minimum atomic E-state index is -0.283. The molecule has 1 atom stereocenters. The van der Waals surface area contributed by atoms with Crippen molar-refractivity contribution in [2.75, 3.05) is 0 Å². The summed E-state index contributed by atoms with van der Waals surface area (Å²) in [5.74, 6) is 2.79. The molecule has 1 aliphatic carbocycles. The molecule has 1 fully saturated rings. The molecule has 2 aliphatic rings. The first-order chi connectivity index (χ1) is 14.4. The van der Waals surface area contributed by atoms with Crippen LogP contribution in [0.1, 0.15) is 68.1 Å². The van der Waals surface area contributed by atoms with Gasteiger partial charge in [0.15, 0.2) is 5.82 Å². The van der Waals surface area contributed by atoms with Crippen molar-refractivity contribution in [2.45, 2.75) is 77.4 Å². The zero-order valence-corrected chi connectivity index (χ0v) is 17.5. The third-order valence-electron chi connectivity index (χ3n) is 5.92. The maximum Gasteiger partial charge on any atom is 0.293 e. The third-order valence-corrected chi connectivity index (χ3v) is 5.92. The van der Waals surface area contributed by atoms with Gasteiger partial charge in [-0.1, -0.05) is 13.8 Å². The molecule has 0 saturated heterocycles. The van der Waals surface area contributed by atoms with Gasteiger partial charge in [0.2, 0.25) is 5.91 Å². The number of aryl methyl sites for hydroxylation is 2. The molecule has 0 radical (unpaired) electrons. The van der Waals surface area contributed by atoms with Crippen molar-refractivity contribution in [3.63, 3.8) is 0 Å². The molecule has 1 saturated carbocycles. The van der Waals surface area contributed by atoms with E-state index in [4.69, 9.17) is 0 Å². The average molecular weight is 410 g/mol. The van der Waals surface area contributed by atoms with Crippen LogP contribution in [0.2, 0.25) is 0 Å². The molecule has 1 aliphatic heterocycles. The average Bonchev–Trinajstić information content (AvgIpc) is 3.36. The highest BCUT2D eigenvalue weighted by atomic mass is 16.2. The van der Waals surface area contributed by atoms with Crippen LogP contribution in [0.25, 0.3) is 5.52 Å². The van der Waals surface area contributed by atoms with Crippen molar-refractivity contribution in [2.24, 2.45) is 0 Å². The number of aromatic nitrogens is 7. The van der Waals surface area contributed by atoms with Crippen molar-refractivity contribution in [3.05, 3.63) is 39.6 Å². The van der Waals surface area contributed by atoms with Crippen LogP contribution in [0, 0.1) is 6.92 Å². The van der Waals surface area contributed by atoms with Crippen molar-refractivity contribution in [1.29, 1.82) is 0 Å². The van der Waals surface area contributed by atoms with Crippen molar-refractivity contribution in [3.8, 4) is 0 Å². The lowest BCUT2D eigenvalue weighted by molar-refractivity contribution is -0.122. The van der Waals surface area contributed by atoms with E-state index >= 15 is 0 Å². The van der Waals surface area contributed by atoms with Crippen LogP contribution >= 0.6 is 0 Å². The summed E-state index contributed by atoms with van der Waals surface area (Å²) in [5, 5.41) is 20.4. The molecule has 10 nitrogen and oxygen atoms in total. The van der Waals surface area contributed by atoms with E-state index in [0.29, 0.717) is 23.8 Å². The number of amides is 1. The molecule has 0 spiro atoms. The zero-order valence-electron chi connectivity index (χ0n) is 17.5. The molecule has 1 unspecified atom stereocenters. The molecule has 4 heterocycles. The highest BCUT2D eigenvalue weighted by Crippen LogP contribution is 2.39. The van der Waals surface area contributed by atoms with Gasteiger partial charge in [0.1, 0.15) is 23.7 Å². The molecular formula is C20H26N8O2. The molecule has 3 aromatic heterocycles. The smallest absolute Gasteiger partial charge is 0.293 e. The summed E-state index contributed by atoms with van der Waals surface area (Å²) in [4.78, 5) is 25.7. The predicted molar refractivity (Wildman–Crippen MR) is 108 cm³/mol. The van der Waals surface area contributed by atoms with Crippen LogP contribution in [-0.2, 0) is 24.3 Å². The summed E-state index contributed by atoms with van der Waals surface area (Å²) in [6.45, 7) is 6.47. The Labute approximate surface area is 173 Å². The van der Waals surface area contributed by atoms with Gasteiger partial charge in [0, 0.05) is 30.8 Å². The van der Waals surface area contributed by atoms with Gasteiger partial charge >= 0.3 is 0 Å². The molecule has 10 heteroatoms. The molecule has 1 N–H and O–H groups in total. The van der Waals surface area contributed by atoms with Gasteiger partial charge in [-0.2, -0.15) is 10.2 Å². The van der Waals surface area contributed by atoms with Crippen LogP contribution in [0.3, 0.4) is 0 Å². The van der Waals surface area contributed by atoms with Crippen molar-refractivity contribution in [1.82, 2.24) is 39.5 Å². The SMILES string of the molecule is Cc1nnc2n1CC(NC(=O)Cn1nc(C(C)C)n3nc(C4CC4)cc3c1=O)CC2. The number of nitrogens with zero attached hydrogens (tertiary/aromatic N) is 7. The summed E-state index contributed by atoms with van der Waals surface area (Å²) < 4.78 is 4.97. The largest absolute Gasteiger partial charge is 0.350 e. The van der Waals surface area contributed by atoms with E-state index in [1.807, 2.05) is 31.4 Å². The number of hydrogen-bond acceptors (Lipinski definition) is 6. The van der Waals surface area contributed by atoms with E-state index in [9.17, 15) is 9.59 Å². The molecule has 5 rings (SSSR count). The Kier molecular flexibility index (Phi) is 4.44. The third kappa shape index (κ3) is 3.29. The maximum absolute atomic E-state index is 13.0. The van der Waals surface area contributed by atoms with Gasteiger partial charge < -0.3 is 9.88 Å². The van der Waals surface area contributed by atoms with Gasteiger partial charge in [-0.3, -0.25) is 9.59 Å². The van der Waals surface area contributed by atoms with Gasteiger partial charge in [-0.25, -0.2) is 9.20 Å². The fourth-order valence-electron chi connectivity index (χ4n) is 4.11. The lowest BCUT2D eigenvalue weighted by atomic mass is 10.1. The first kappa shape index (κ1) is 19.0. The Morgan fingerprint density at radius 3 is 2.77 bits per heavy atom. The summed E-state index contributed by atoms with van der Waals surface area (Å²) in [6, 6.07) is 1.85. The van der Waals surface area contributed by atoms with Crippen LogP contribution < -0.4 is 10.9 Å². The standard InChI is InChI=1S/C20H26N8O2/c1-11(2)19-25-27(20(30)16-8-15(13-4-5-13)24-28(16)19)10-18(29)21-14-6-7-17-23-22-12(3)26(17)9-14/h8,11,13-14H,4-7,9-10H2,1-3H3,(H,21,29). The number of rotatable bonds is 5. The maximum atomic E-state index is 13.0. The molecule has 3 aromatic rings. The second-order valence-electron chi connectivity index (χ2n) is 8.69. The summed E-state index contributed by atoms with van der Waals surface area (Å²) in [5.41, 5.74) is 1.15. The first-order valence-corrected chi connectivity index (χ1v) is 10.6. The van der Waals surface area contributed by atoms with E-state index < -0.39 is 0 Å². The fourth-order valence-corrected chi connectivity index (χ4v) is 4.11. The predicted octanol–water partition coefficient (Wildman–Crippen LogP) is 0.923. The highest BCUT2D eigenvalue weighted by Gasteiger charge is 2.28. The highest BCUT2D eigenvalue weighted by molar-refractivity contribution is 5.76. The number of carbonyl (C=O) groups excluding carboxylic acids is 1. The minimum Gasteiger partial charge on any atom is -0.350 e. The molecule has 1 amide bonds. The Morgan fingerprint density at radius 1 is 1.23 bits per heavy atom. The van der Waals surface area contributed by atoms with Crippen molar-refractivity contribution < 1.29 is 4.79 Å². The van der Waals surface area contributed by atoms with E-state index in [2.05, 4.69) is 25.7 Å². The van der Waals surface area contributed by atoms with Gasteiger partial charge in [0.05, 0.1) is 5.69 Å². The van der Waals surface area contributed by atoms with Crippen LogP contribution in [0.5, 0.6) is 0 Å². The zero-order chi connectivity index (χ0) is 21.0. The summed E-state index contributed by atoms with van der Waals surface area (Å²) in [6.07, 6.45) is 3.79. The molecule has 30 heavy (non-hydrogen) atoms. The second kappa shape index (κ2) is 7.03. The van der Waals surface area contributed by atoms with E-state index in [-0.39, 0.29) is 30.0 Å². The van der Waals surface area contributed by atoms with Crippen molar-refractivity contribution >= 4 is 11.4 Å². The van der Waals surface area contributed by atoms with Gasteiger partial charge in [-0.15, -0.1) is 10.2 Å². The normalized spacial score (nSPS) is 18.7. The van der Waals surface area contributed by atoms with Gasteiger partial charge in [0.25, 0.3) is 5.56 Å². The Hall–Kier alpha value is -3.04. The Bertz CT molecular complexity index is 1180. The summed E-state index contributed by atoms with van der Waals surface area (Å²) in [7, 11) is 0. The second-order valence-corrected chi connectivity index (χ2v) is 8.69. The van der Waals surface area contributed by atoms with Gasteiger partial charge in [-0.05, 0) is 32.3 Å². The Balaban J connectivity index is 1.38. The topological polar surface area (TPSA) is 112 Å².